The van der Waals surface area contributed by atoms with Crippen molar-refractivity contribution in [3.63, 3.8) is 0 Å². The van der Waals surface area contributed by atoms with Gasteiger partial charge in [-0.2, -0.15) is 11.8 Å². The maximum absolute atomic E-state index is 4.79. The fraction of sp³-hybridized carbons (Fsp3) is 0.526. The molecule has 26 heavy (non-hydrogen) atoms. The lowest BCUT2D eigenvalue weighted by Gasteiger charge is -2.23. The Morgan fingerprint density at radius 3 is 2.69 bits per heavy atom. The van der Waals surface area contributed by atoms with Crippen molar-refractivity contribution < 1.29 is 0 Å². The van der Waals surface area contributed by atoms with Crippen LogP contribution in [0.2, 0.25) is 0 Å². The van der Waals surface area contributed by atoms with Gasteiger partial charge >= 0.3 is 0 Å². The van der Waals surface area contributed by atoms with Gasteiger partial charge in [0.1, 0.15) is 12.4 Å². The average molecular weight is 375 g/mol. The molecule has 0 saturated heterocycles. The lowest BCUT2D eigenvalue weighted by atomic mass is 10.1. The van der Waals surface area contributed by atoms with Crippen molar-refractivity contribution >= 4 is 17.7 Å². The lowest BCUT2D eigenvalue weighted by molar-refractivity contribution is 0.473. The van der Waals surface area contributed by atoms with Crippen LogP contribution in [0.1, 0.15) is 29.2 Å². The highest BCUT2D eigenvalue weighted by Gasteiger charge is 2.10. The molecule has 0 amide bonds. The number of hydrogen-bond acceptors (Lipinski definition) is 4. The fourth-order valence-corrected chi connectivity index (χ4v) is 3.01. The van der Waals surface area contributed by atoms with Crippen LogP contribution < -0.4 is 5.32 Å². The van der Waals surface area contributed by atoms with E-state index in [9.17, 15) is 0 Å². The third-order valence-electron chi connectivity index (χ3n) is 4.39. The third-order valence-corrected chi connectivity index (χ3v) is 5.09. The molecule has 0 atom stereocenters. The quantitative estimate of drug-likeness (QED) is 0.437. The molecule has 1 aromatic heterocycles. The van der Waals surface area contributed by atoms with E-state index in [0.717, 1.165) is 42.9 Å². The fourth-order valence-electron chi connectivity index (χ4n) is 2.58. The van der Waals surface area contributed by atoms with Crippen LogP contribution in [0.15, 0.2) is 29.3 Å². The molecule has 1 aromatic carbocycles. The molecule has 0 spiro atoms. The van der Waals surface area contributed by atoms with Crippen LogP contribution in [-0.4, -0.2) is 51.2 Å². The van der Waals surface area contributed by atoms with E-state index in [0.29, 0.717) is 6.54 Å². The molecule has 0 bridgehead atoms. The predicted octanol–water partition coefficient (Wildman–Crippen LogP) is 2.76. The number of benzene rings is 1. The van der Waals surface area contributed by atoms with Crippen molar-refractivity contribution in [3.8, 4) is 0 Å². The maximum atomic E-state index is 4.79. The van der Waals surface area contributed by atoms with Gasteiger partial charge < -0.3 is 14.8 Å². The summed E-state index contributed by atoms with van der Waals surface area (Å²) in [4.78, 5) is 6.96. The van der Waals surface area contributed by atoms with Crippen LogP contribution >= 0.6 is 11.8 Å². The largest absolute Gasteiger partial charge is 0.356 e. The number of nitrogens with zero attached hydrogens (tertiary/aromatic N) is 5. The van der Waals surface area contributed by atoms with Crippen LogP contribution in [0.5, 0.6) is 0 Å². The van der Waals surface area contributed by atoms with Crippen molar-refractivity contribution in [2.75, 3.05) is 25.6 Å². The van der Waals surface area contributed by atoms with Crippen LogP contribution in [0, 0.1) is 13.8 Å². The monoisotopic (exact) mass is 374 g/mol. The van der Waals surface area contributed by atoms with Gasteiger partial charge in [-0.05, 0) is 43.4 Å². The van der Waals surface area contributed by atoms with Gasteiger partial charge in [-0.3, -0.25) is 0 Å². The highest BCUT2D eigenvalue weighted by atomic mass is 32.2. The summed E-state index contributed by atoms with van der Waals surface area (Å²) < 4.78 is 1.98. The minimum absolute atomic E-state index is 0.514. The van der Waals surface area contributed by atoms with Crippen LogP contribution in [0.3, 0.4) is 0 Å². The third kappa shape index (κ3) is 5.76. The molecule has 0 aliphatic carbocycles. The Morgan fingerprint density at radius 1 is 1.27 bits per heavy atom. The second kappa shape index (κ2) is 10.2. The molecular formula is C19H30N6S. The van der Waals surface area contributed by atoms with Gasteiger partial charge in [0.05, 0.1) is 0 Å². The number of nitrogens with one attached hydrogen (secondary N) is 1. The van der Waals surface area contributed by atoms with Crippen molar-refractivity contribution in [2.24, 2.45) is 12.0 Å². The summed E-state index contributed by atoms with van der Waals surface area (Å²) in [6, 6.07) is 8.48. The second-order valence-electron chi connectivity index (χ2n) is 6.42. The molecule has 7 heteroatoms. The van der Waals surface area contributed by atoms with E-state index < -0.39 is 0 Å². The normalized spacial score (nSPS) is 11.7. The standard InChI is InChI=1S/C19H30N6S/c1-15-9-6-7-10-17(15)14-24(3)19(20-11-8-12-26-5)21-13-18-23-22-16(2)25(18)4/h6-7,9-10H,8,11-14H2,1-5H3,(H,20,21). The zero-order chi connectivity index (χ0) is 18.9. The van der Waals surface area contributed by atoms with Crippen molar-refractivity contribution in [1.82, 2.24) is 25.0 Å². The molecule has 0 fully saturated rings. The smallest absolute Gasteiger partial charge is 0.194 e. The van der Waals surface area contributed by atoms with Crippen molar-refractivity contribution in [3.05, 3.63) is 47.0 Å². The van der Waals surface area contributed by atoms with E-state index in [4.69, 9.17) is 4.99 Å². The minimum atomic E-state index is 0.514. The number of aryl methyl sites for hydroxylation is 2. The molecule has 0 aliphatic rings. The SMILES string of the molecule is CSCCCNC(=NCc1nnc(C)n1C)N(C)Cc1ccccc1C. The summed E-state index contributed by atoms with van der Waals surface area (Å²) in [6.07, 6.45) is 3.25. The van der Waals surface area contributed by atoms with E-state index in [1.165, 1.54) is 11.1 Å². The van der Waals surface area contributed by atoms with E-state index >= 15 is 0 Å². The van der Waals surface area contributed by atoms with Gasteiger partial charge in [-0.15, -0.1) is 10.2 Å². The Bertz CT molecular complexity index is 725. The minimum Gasteiger partial charge on any atom is -0.356 e. The van der Waals surface area contributed by atoms with Crippen molar-refractivity contribution in [1.29, 1.82) is 0 Å². The highest BCUT2D eigenvalue weighted by molar-refractivity contribution is 7.98. The van der Waals surface area contributed by atoms with Crippen LogP contribution in [0.4, 0.5) is 0 Å². The summed E-state index contributed by atoms with van der Waals surface area (Å²) in [6.45, 7) is 6.34. The Morgan fingerprint density at radius 2 is 2.04 bits per heavy atom. The number of guanidine groups is 1. The number of rotatable bonds is 8. The molecule has 1 heterocycles. The van der Waals surface area contributed by atoms with E-state index in [1.54, 1.807) is 0 Å². The summed E-state index contributed by atoms with van der Waals surface area (Å²) in [5.74, 6) is 3.81. The summed E-state index contributed by atoms with van der Waals surface area (Å²) in [5, 5.41) is 11.8. The predicted molar refractivity (Wildman–Crippen MR) is 111 cm³/mol. The van der Waals surface area contributed by atoms with Gasteiger partial charge in [-0.1, -0.05) is 24.3 Å². The Balaban J connectivity index is 2.09. The summed E-state index contributed by atoms with van der Waals surface area (Å²) >= 11 is 1.87. The Hall–Kier alpha value is -2.02. The molecule has 142 valence electrons. The molecule has 0 saturated carbocycles. The van der Waals surface area contributed by atoms with Gasteiger partial charge in [0, 0.05) is 27.2 Å². The average Bonchev–Trinajstić information content (AvgIpc) is 2.95. The van der Waals surface area contributed by atoms with Gasteiger partial charge in [-0.25, -0.2) is 4.99 Å². The van der Waals surface area contributed by atoms with E-state index in [1.807, 2.05) is 30.3 Å². The highest BCUT2D eigenvalue weighted by Crippen LogP contribution is 2.10. The topological polar surface area (TPSA) is 58.3 Å². The maximum Gasteiger partial charge on any atom is 0.194 e. The van der Waals surface area contributed by atoms with Crippen LogP contribution in [-0.2, 0) is 20.1 Å². The molecular weight excluding hydrogens is 344 g/mol. The molecule has 1 N–H and O–H groups in total. The first-order chi connectivity index (χ1) is 12.5. The molecule has 0 aliphatic heterocycles. The van der Waals surface area contributed by atoms with Crippen LogP contribution in [0.25, 0.3) is 0 Å². The number of aliphatic imine (C=N–C) groups is 1. The number of thioether (sulfide) groups is 1. The molecule has 6 nitrogen and oxygen atoms in total. The van der Waals surface area contributed by atoms with E-state index in [-0.39, 0.29) is 0 Å². The van der Waals surface area contributed by atoms with Gasteiger partial charge in [0.15, 0.2) is 11.8 Å². The Labute approximate surface area is 161 Å². The first kappa shape index (κ1) is 20.3. The zero-order valence-electron chi connectivity index (χ0n) is 16.5. The van der Waals surface area contributed by atoms with Crippen molar-refractivity contribution in [2.45, 2.75) is 33.4 Å². The number of hydrogen-bond donors (Lipinski definition) is 1. The molecule has 2 aromatic rings. The molecule has 2 rings (SSSR count). The van der Waals surface area contributed by atoms with E-state index in [2.05, 4.69) is 64.9 Å². The van der Waals surface area contributed by atoms with Gasteiger partial charge in [0.2, 0.25) is 0 Å². The van der Waals surface area contributed by atoms with Gasteiger partial charge in [0.25, 0.3) is 0 Å². The Kier molecular flexibility index (Phi) is 7.97. The first-order valence-corrected chi connectivity index (χ1v) is 10.3. The lowest BCUT2D eigenvalue weighted by Crippen LogP contribution is -2.39. The number of aromatic nitrogens is 3. The summed E-state index contributed by atoms with van der Waals surface area (Å²) in [5.41, 5.74) is 2.60. The molecule has 0 unspecified atom stereocenters. The second-order valence-corrected chi connectivity index (χ2v) is 7.40. The molecule has 0 radical (unpaired) electrons. The summed E-state index contributed by atoms with van der Waals surface area (Å²) in [7, 11) is 4.05. The zero-order valence-corrected chi connectivity index (χ0v) is 17.3. The first-order valence-electron chi connectivity index (χ1n) is 8.90.